The lowest BCUT2D eigenvalue weighted by Gasteiger charge is -2.46. The van der Waals surface area contributed by atoms with E-state index in [9.17, 15) is 8.42 Å². The summed E-state index contributed by atoms with van der Waals surface area (Å²) in [5.74, 6) is 0.672. The molecule has 0 saturated carbocycles. The van der Waals surface area contributed by atoms with Gasteiger partial charge in [-0.3, -0.25) is 0 Å². The van der Waals surface area contributed by atoms with Gasteiger partial charge in [-0.1, -0.05) is 13.8 Å². The van der Waals surface area contributed by atoms with Crippen LogP contribution in [-0.4, -0.2) is 32.1 Å². The van der Waals surface area contributed by atoms with Crippen LogP contribution in [0.2, 0.25) is 0 Å². The molecule has 1 saturated heterocycles. The highest BCUT2D eigenvalue weighted by molar-refractivity contribution is 7.89. The van der Waals surface area contributed by atoms with Gasteiger partial charge in [0.1, 0.15) is 10.6 Å². The van der Waals surface area contributed by atoms with Crippen molar-refractivity contribution in [1.29, 1.82) is 0 Å². The van der Waals surface area contributed by atoms with Crippen molar-refractivity contribution in [2.45, 2.75) is 96.2 Å². The molecular formula is C21H36N2O3S. The van der Waals surface area contributed by atoms with E-state index in [0.29, 0.717) is 12.4 Å². The second kappa shape index (κ2) is 7.72. The minimum absolute atomic E-state index is 0.125. The Morgan fingerprint density at radius 1 is 1.19 bits per heavy atom. The van der Waals surface area contributed by atoms with E-state index in [4.69, 9.17) is 4.74 Å². The summed E-state index contributed by atoms with van der Waals surface area (Å²) in [4.78, 5) is 0.243. The van der Waals surface area contributed by atoms with Gasteiger partial charge in [-0.25, -0.2) is 13.1 Å². The molecule has 5 nitrogen and oxygen atoms in total. The first kappa shape index (κ1) is 22.2. The highest BCUT2D eigenvalue weighted by Crippen LogP contribution is 2.33. The SMILES string of the molecule is CCOc1cc(C)c(C(C)C)cc1S(=O)(=O)NC1CC(C)(C)NC(C)(C)C1. The van der Waals surface area contributed by atoms with Crippen LogP contribution in [-0.2, 0) is 10.0 Å². The Morgan fingerprint density at radius 3 is 2.22 bits per heavy atom. The van der Waals surface area contributed by atoms with E-state index in [1.54, 1.807) is 6.07 Å². The molecule has 0 bridgehead atoms. The fraction of sp³-hybridized carbons (Fsp3) is 0.714. The van der Waals surface area contributed by atoms with Crippen molar-refractivity contribution >= 4 is 10.0 Å². The van der Waals surface area contributed by atoms with Crippen molar-refractivity contribution in [2.24, 2.45) is 0 Å². The largest absolute Gasteiger partial charge is 0.492 e. The van der Waals surface area contributed by atoms with Crippen LogP contribution in [0.25, 0.3) is 0 Å². The first-order valence-corrected chi connectivity index (χ1v) is 11.3. The Labute approximate surface area is 165 Å². The van der Waals surface area contributed by atoms with E-state index in [0.717, 1.165) is 24.0 Å². The van der Waals surface area contributed by atoms with Crippen LogP contribution in [0.3, 0.4) is 0 Å². The average Bonchev–Trinajstić information content (AvgIpc) is 2.42. The van der Waals surface area contributed by atoms with Crippen molar-refractivity contribution in [1.82, 2.24) is 10.0 Å². The maximum Gasteiger partial charge on any atom is 0.244 e. The van der Waals surface area contributed by atoms with Crippen LogP contribution >= 0.6 is 0 Å². The molecule has 0 unspecified atom stereocenters. The summed E-state index contributed by atoms with van der Waals surface area (Å²) >= 11 is 0. The third-order valence-corrected chi connectivity index (χ3v) is 6.60. The van der Waals surface area contributed by atoms with Gasteiger partial charge in [0.25, 0.3) is 0 Å². The Bertz CT molecular complexity index is 767. The molecule has 0 aliphatic carbocycles. The minimum Gasteiger partial charge on any atom is -0.492 e. The predicted molar refractivity (Wildman–Crippen MR) is 111 cm³/mol. The molecule has 27 heavy (non-hydrogen) atoms. The van der Waals surface area contributed by atoms with Crippen molar-refractivity contribution in [3.63, 3.8) is 0 Å². The molecule has 2 N–H and O–H groups in total. The molecule has 1 aliphatic rings. The summed E-state index contributed by atoms with van der Waals surface area (Å²) in [5.41, 5.74) is 1.82. The van der Waals surface area contributed by atoms with E-state index in [2.05, 4.69) is 51.6 Å². The quantitative estimate of drug-likeness (QED) is 0.759. The summed E-state index contributed by atoms with van der Waals surface area (Å²) in [6, 6.07) is 3.51. The number of nitrogens with one attached hydrogen (secondary N) is 2. The number of hydrogen-bond acceptors (Lipinski definition) is 4. The van der Waals surface area contributed by atoms with E-state index >= 15 is 0 Å². The lowest BCUT2D eigenvalue weighted by molar-refractivity contribution is 0.157. The zero-order valence-corrected chi connectivity index (χ0v) is 18.9. The average molecular weight is 397 g/mol. The van der Waals surface area contributed by atoms with Crippen LogP contribution in [0.15, 0.2) is 17.0 Å². The van der Waals surface area contributed by atoms with E-state index in [1.807, 2.05) is 19.9 Å². The highest BCUT2D eigenvalue weighted by atomic mass is 32.2. The fourth-order valence-electron chi connectivity index (χ4n) is 4.47. The molecule has 1 aliphatic heterocycles. The van der Waals surface area contributed by atoms with E-state index in [1.165, 1.54) is 0 Å². The Morgan fingerprint density at radius 2 is 1.74 bits per heavy atom. The van der Waals surface area contributed by atoms with Gasteiger partial charge in [0.05, 0.1) is 6.61 Å². The van der Waals surface area contributed by atoms with Crippen LogP contribution in [0.5, 0.6) is 5.75 Å². The molecule has 1 heterocycles. The molecule has 1 aromatic carbocycles. The summed E-state index contributed by atoms with van der Waals surface area (Å²) in [5, 5.41) is 3.59. The van der Waals surface area contributed by atoms with E-state index < -0.39 is 10.0 Å². The maximum atomic E-state index is 13.3. The molecule has 0 radical (unpaired) electrons. The van der Waals surface area contributed by atoms with Crippen molar-refractivity contribution in [2.75, 3.05) is 6.61 Å². The number of hydrogen-bond donors (Lipinski definition) is 2. The third kappa shape index (κ3) is 5.46. The van der Waals surface area contributed by atoms with Gasteiger partial charge < -0.3 is 10.1 Å². The van der Waals surface area contributed by atoms with Crippen molar-refractivity contribution in [3.05, 3.63) is 23.3 Å². The molecular weight excluding hydrogens is 360 g/mol. The van der Waals surface area contributed by atoms with E-state index in [-0.39, 0.29) is 27.9 Å². The van der Waals surface area contributed by atoms with Gasteiger partial charge >= 0.3 is 0 Å². The minimum atomic E-state index is -3.69. The van der Waals surface area contributed by atoms with Gasteiger partial charge in [0, 0.05) is 17.1 Å². The molecule has 154 valence electrons. The molecule has 2 rings (SSSR count). The molecule has 0 spiro atoms. The first-order chi connectivity index (χ1) is 12.3. The normalized spacial score (nSPS) is 20.0. The first-order valence-electron chi connectivity index (χ1n) is 9.85. The topological polar surface area (TPSA) is 67.4 Å². The molecule has 0 aromatic heterocycles. The number of piperidine rings is 1. The molecule has 1 fully saturated rings. The number of benzene rings is 1. The lowest BCUT2D eigenvalue weighted by Crippen LogP contribution is -2.62. The van der Waals surface area contributed by atoms with Crippen LogP contribution < -0.4 is 14.8 Å². The summed E-state index contributed by atoms with van der Waals surface area (Å²) in [6.45, 7) is 16.9. The van der Waals surface area contributed by atoms with Gasteiger partial charge in [-0.15, -0.1) is 0 Å². The van der Waals surface area contributed by atoms with Gasteiger partial charge in [-0.05, 0) is 83.6 Å². The second-order valence-electron chi connectivity index (χ2n) is 9.36. The molecule has 1 aromatic rings. The number of rotatable bonds is 6. The zero-order valence-electron chi connectivity index (χ0n) is 18.1. The predicted octanol–water partition coefficient (Wildman–Crippen LogP) is 4.10. The third-order valence-electron chi connectivity index (χ3n) is 5.06. The second-order valence-corrected chi connectivity index (χ2v) is 11.0. The lowest BCUT2D eigenvalue weighted by atomic mass is 9.80. The molecule has 0 amide bonds. The van der Waals surface area contributed by atoms with Crippen LogP contribution in [0.1, 0.15) is 78.4 Å². The van der Waals surface area contributed by atoms with Gasteiger partial charge in [0.2, 0.25) is 10.0 Å². The highest BCUT2D eigenvalue weighted by Gasteiger charge is 2.39. The Hall–Kier alpha value is -1.11. The van der Waals surface area contributed by atoms with Crippen LogP contribution in [0.4, 0.5) is 0 Å². The number of aryl methyl sites for hydroxylation is 1. The maximum absolute atomic E-state index is 13.3. The summed E-state index contributed by atoms with van der Waals surface area (Å²) < 4.78 is 35.2. The smallest absolute Gasteiger partial charge is 0.244 e. The monoisotopic (exact) mass is 396 g/mol. The van der Waals surface area contributed by atoms with Crippen molar-refractivity contribution < 1.29 is 13.2 Å². The van der Waals surface area contributed by atoms with Gasteiger partial charge in [-0.2, -0.15) is 0 Å². The summed E-state index contributed by atoms with van der Waals surface area (Å²) in [6.07, 6.45) is 1.48. The van der Waals surface area contributed by atoms with Crippen molar-refractivity contribution in [3.8, 4) is 5.75 Å². The van der Waals surface area contributed by atoms with Gasteiger partial charge in [0.15, 0.2) is 0 Å². The Kier molecular flexibility index (Phi) is 6.34. The zero-order chi connectivity index (χ0) is 20.6. The fourth-order valence-corrected chi connectivity index (χ4v) is 5.86. The number of sulfonamides is 1. The molecule has 0 atom stereocenters. The van der Waals surface area contributed by atoms with Crippen LogP contribution in [0, 0.1) is 6.92 Å². The standard InChI is InChI=1S/C21H36N2O3S/c1-9-26-18-10-15(4)17(14(2)3)11-19(18)27(24,25)22-16-12-20(5,6)23-21(7,8)13-16/h10-11,14,16,22-23H,9,12-13H2,1-8H3. The Balaban J connectivity index is 2.42. The summed E-state index contributed by atoms with van der Waals surface area (Å²) in [7, 11) is -3.69. The number of ether oxygens (including phenoxy) is 1. The molecule has 6 heteroatoms.